The minimum absolute atomic E-state index is 0.178. The van der Waals surface area contributed by atoms with E-state index in [9.17, 15) is 14.4 Å². The van der Waals surface area contributed by atoms with Crippen molar-refractivity contribution in [3.63, 3.8) is 0 Å². The van der Waals surface area contributed by atoms with Crippen molar-refractivity contribution in [1.82, 2.24) is 10.2 Å². The van der Waals surface area contributed by atoms with Crippen molar-refractivity contribution in [1.29, 1.82) is 0 Å². The largest absolute Gasteiger partial charge is 0.497 e. The van der Waals surface area contributed by atoms with E-state index in [1.54, 1.807) is 18.2 Å². The maximum Gasteiger partial charge on any atom is 0.408 e. The average molecular weight is 419 g/mol. The topological polar surface area (TPSA) is 94.2 Å². The Bertz CT molecular complexity index is 883. The fraction of sp³-hybridized carbons (Fsp3) is 0.450. The molecule has 1 heterocycles. The molecule has 2 rings (SSSR count). The van der Waals surface area contributed by atoms with E-state index in [0.717, 1.165) is 5.56 Å². The lowest BCUT2D eigenvalue weighted by atomic mass is 10.00. The maximum atomic E-state index is 12.9. The van der Waals surface area contributed by atoms with Crippen LogP contribution in [0.2, 0.25) is 19.6 Å². The van der Waals surface area contributed by atoms with E-state index in [4.69, 9.17) is 9.47 Å². The van der Waals surface area contributed by atoms with E-state index in [2.05, 4.69) is 21.5 Å². The molecule has 8 nitrogen and oxygen atoms in total. The van der Waals surface area contributed by atoms with E-state index in [-0.39, 0.29) is 19.0 Å². The predicted molar refractivity (Wildman–Crippen MR) is 109 cm³/mol. The molecule has 2 amide bonds. The Morgan fingerprint density at radius 3 is 2.45 bits per heavy atom. The van der Waals surface area contributed by atoms with E-state index >= 15 is 0 Å². The smallest absolute Gasteiger partial charge is 0.408 e. The van der Waals surface area contributed by atoms with Crippen LogP contribution in [-0.2, 0) is 20.8 Å². The molecule has 0 unspecified atom stereocenters. The number of methoxy groups -OCH3 is 3. The minimum Gasteiger partial charge on any atom is -0.497 e. The summed E-state index contributed by atoms with van der Waals surface area (Å²) in [5, 5.41) is 2.49. The first-order valence-corrected chi connectivity index (χ1v) is 12.5. The molecule has 0 spiro atoms. The minimum atomic E-state index is -1.92. The SMILES string of the molecule is COC(=O)N[C@](C#C[Si](C)(C)C)(CN1Cc2ccc(OC)cc2C1=O)C(=O)OC. The Labute approximate surface area is 171 Å². The zero-order valence-electron chi connectivity index (χ0n) is 17.5. The second-order valence-electron chi connectivity index (χ2n) is 7.70. The molecule has 29 heavy (non-hydrogen) atoms. The van der Waals surface area contributed by atoms with E-state index in [1.807, 2.05) is 19.6 Å². The number of hydrogen-bond acceptors (Lipinski definition) is 6. The fourth-order valence-electron chi connectivity index (χ4n) is 2.85. The highest BCUT2D eigenvalue weighted by atomic mass is 28.3. The van der Waals surface area contributed by atoms with Crippen LogP contribution in [0.4, 0.5) is 4.79 Å². The van der Waals surface area contributed by atoms with Gasteiger partial charge < -0.3 is 19.1 Å². The van der Waals surface area contributed by atoms with Gasteiger partial charge in [0.05, 0.1) is 27.9 Å². The summed E-state index contributed by atoms with van der Waals surface area (Å²) in [5.41, 5.74) is 2.63. The number of esters is 1. The van der Waals surface area contributed by atoms with E-state index in [1.165, 1.54) is 26.2 Å². The summed E-state index contributed by atoms with van der Waals surface area (Å²) in [6, 6.07) is 5.22. The quantitative estimate of drug-likeness (QED) is 0.445. The Morgan fingerprint density at radius 1 is 1.21 bits per heavy atom. The van der Waals surface area contributed by atoms with Crippen LogP contribution in [0, 0.1) is 11.5 Å². The molecule has 1 aromatic rings. The van der Waals surface area contributed by atoms with Crippen molar-refractivity contribution in [3.8, 4) is 17.2 Å². The third-order valence-corrected chi connectivity index (χ3v) is 5.18. The number of carbonyl (C=O) groups excluding carboxylic acids is 3. The summed E-state index contributed by atoms with van der Waals surface area (Å²) >= 11 is 0. The van der Waals surface area contributed by atoms with Crippen LogP contribution in [0.3, 0.4) is 0 Å². The molecule has 0 fully saturated rings. The molecule has 0 saturated heterocycles. The van der Waals surface area contributed by atoms with Crippen molar-refractivity contribution in [3.05, 3.63) is 29.3 Å². The molecule has 1 aliphatic rings. The van der Waals surface area contributed by atoms with Crippen LogP contribution < -0.4 is 10.1 Å². The van der Waals surface area contributed by atoms with Gasteiger partial charge in [0.25, 0.3) is 5.91 Å². The number of nitrogens with zero attached hydrogens (tertiary/aromatic N) is 1. The molecule has 9 heteroatoms. The first-order valence-electron chi connectivity index (χ1n) is 9.00. The Hall–Kier alpha value is -2.99. The third kappa shape index (κ3) is 5.09. The van der Waals surface area contributed by atoms with Crippen LogP contribution in [0.1, 0.15) is 15.9 Å². The molecule has 1 atom stereocenters. The standard InChI is InChI=1S/C20H26N2O6Si/c1-26-15-8-7-14-12-22(17(23)16(14)11-15)13-20(18(24)27-2,21-19(25)28-3)9-10-29(4,5)6/h7-8,11H,12-13H2,1-6H3,(H,21,25)/t20-/m1/s1. The number of amides is 2. The second kappa shape index (κ2) is 8.57. The van der Waals surface area contributed by atoms with Crippen molar-refractivity contribution >= 4 is 26.0 Å². The van der Waals surface area contributed by atoms with Crippen molar-refractivity contribution < 1.29 is 28.6 Å². The zero-order valence-corrected chi connectivity index (χ0v) is 18.5. The fourth-order valence-corrected chi connectivity index (χ4v) is 3.44. The number of fused-ring (bicyclic) bond motifs is 1. The predicted octanol–water partition coefficient (Wildman–Crippen LogP) is 1.80. The maximum absolute atomic E-state index is 12.9. The zero-order chi connectivity index (χ0) is 21.8. The molecule has 1 aliphatic heterocycles. The first-order chi connectivity index (χ1) is 13.5. The highest BCUT2D eigenvalue weighted by Crippen LogP contribution is 2.28. The van der Waals surface area contributed by atoms with E-state index in [0.29, 0.717) is 11.3 Å². The molecule has 156 valence electrons. The molecule has 0 aromatic heterocycles. The van der Waals surface area contributed by atoms with Gasteiger partial charge in [0, 0.05) is 12.1 Å². The molecular formula is C20H26N2O6Si. The van der Waals surface area contributed by atoms with Gasteiger partial charge in [-0.15, -0.1) is 5.54 Å². The highest BCUT2D eigenvalue weighted by molar-refractivity contribution is 6.83. The summed E-state index contributed by atoms with van der Waals surface area (Å²) < 4.78 is 14.8. The third-order valence-electron chi connectivity index (χ3n) is 4.31. The van der Waals surface area contributed by atoms with Gasteiger partial charge in [-0.25, -0.2) is 9.59 Å². The summed E-state index contributed by atoms with van der Waals surface area (Å²) in [5.74, 6) is 2.40. The van der Waals surface area contributed by atoms with E-state index < -0.39 is 25.7 Å². The first kappa shape index (κ1) is 22.3. The summed E-state index contributed by atoms with van der Waals surface area (Å²) in [6.45, 7) is 6.10. The molecule has 0 aliphatic carbocycles. The molecule has 1 N–H and O–H groups in total. The summed E-state index contributed by atoms with van der Waals surface area (Å²) in [6.07, 6.45) is -0.842. The number of benzene rings is 1. The lowest BCUT2D eigenvalue weighted by Gasteiger charge is -2.31. The van der Waals surface area contributed by atoms with Gasteiger partial charge in [-0.3, -0.25) is 10.1 Å². The number of carbonyl (C=O) groups is 3. The summed E-state index contributed by atoms with van der Waals surface area (Å²) in [7, 11) is 2.00. The van der Waals surface area contributed by atoms with Gasteiger partial charge in [-0.1, -0.05) is 31.6 Å². The van der Waals surface area contributed by atoms with Gasteiger partial charge >= 0.3 is 12.1 Å². The molecular weight excluding hydrogens is 392 g/mol. The molecule has 0 saturated carbocycles. The van der Waals surface area contributed by atoms with Crippen LogP contribution >= 0.6 is 0 Å². The van der Waals surface area contributed by atoms with Gasteiger partial charge in [0.1, 0.15) is 13.8 Å². The average Bonchev–Trinajstić information content (AvgIpc) is 2.99. The van der Waals surface area contributed by atoms with Crippen molar-refractivity contribution in [2.75, 3.05) is 27.9 Å². The number of alkyl carbamates (subject to hydrolysis) is 1. The van der Waals surface area contributed by atoms with Crippen LogP contribution in [0.5, 0.6) is 5.75 Å². The normalized spacial score (nSPS) is 14.8. The molecule has 1 aromatic carbocycles. The van der Waals surface area contributed by atoms with Crippen LogP contribution in [0.15, 0.2) is 18.2 Å². The number of nitrogens with one attached hydrogen (secondary N) is 1. The van der Waals surface area contributed by atoms with Gasteiger partial charge in [0.2, 0.25) is 5.54 Å². The molecule has 0 radical (unpaired) electrons. The lowest BCUT2D eigenvalue weighted by molar-refractivity contribution is -0.146. The highest BCUT2D eigenvalue weighted by Gasteiger charge is 2.45. The van der Waals surface area contributed by atoms with Crippen molar-refractivity contribution in [2.24, 2.45) is 0 Å². The van der Waals surface area contributed by atoms with Gasteiger partial charge in [0.15, 0.2) is 0 Å². The number of ether oxygens (including phenoxy) is 3. The molecule has 0 bridgehead atoms. The Morgan fingerprint density at radius 2 is 1.90 bits per heavy atom. The van der Waals surface area contributed by atoms with Gasteiger partial charge in [-0.05, 0) is 17.7 Å². The van der Waals surface area contributed by atoms with Crippen LogP contribution in [0.25, 0.3) is 0 Å². The number of hydrogen-bond donors (Lipinski definition) is 1. The van der Waals surface area contributed by atoms with Crippen molar-refractivity contribution in [2.45, 2.75) is 31.7 Å². The Balaban J connectivity index is 2.46. The second-order valence-corrected chi connectivity index (χ2v) is 12.4. The van der Waals surface area contributed by atoms with Crippen LogP contribution in [-0.4, -0.2) is 64.4 Å². The summed E-state index contributed by atoms with van der Waals surface area (Å²) in [4.78, 5) is 39.1. The number of rotatable bonds is 5. The monoisotopic (exact) mass is 418 g/mol. The van der Waals surface area contributed by atoms with Gasteiger partial charge in [-0.2, -0.15) is 0 Å². The lowest BCUT2D eigenvalue weighted by Crippen LogP contribution is -2.60. The Kier molecular flexibility index (Phi) is 6.59.